The number of carbonyl (C=O) groups is 1. The number of piperidine rings is 1. The van der Waals surface area contributed by atoms with Gasteiger partial charge in [0.1, 0.15) is 0 Å². The van der Waals surface area contributed by atoms with Gasteiger partial charge in [-0.2, -0.15) is 0 Å². The highest BCUT2D eigenvalue weighted by Gasteiger charge is 2.22. The normalized spacial score (nSPS) is 16.8. The average molecular weight is 259 g/mol. The second-order valence-corrected chi connectivity index (χ2v) is 4.77. The van der Waals surface area contributed by atoms with Gasteiger partial charge in [0.2, 0.25) is 5.91 Å². The molecule has 1 aromatic carbocycles. The minimum absolute atomic E-state index is 0.0555. The van der Waals surface area contributed by atoms with E-state index in [4.69, 9.17) is 4.74 Å². The van der Waals surface area contributed by atoms with E-state index in [0.717, 1.165) is 25.9 Å². The summed E-state index contributed by atoms with van der Waals surface area (Å²) in [5.74, 6) is 0.640. The Bertz CT molecular complexity index is 420. The van der Waals surface area contributed by atoms with Crippen LogP contribution >= 0.6 is 0 Å². The van der Waals surface area contributed by atoms with E-state index < -0.39 is 0 Å². The number of benzene rings is 1. The number of hydrogen-bond donors (Lipinski definition) is 0. The first kappa shape index (κ1) is 13.7. The van der Waals surface area contributed by atoms with Gasteiger partial charge in [-0.05, 0) is 31.2 Å². The lowest BCUT2D eigenvalue weighted by Gasteiger charge is -2.31. The van der Waals surface area contributed by atoms with Gasteiger partial charge in [0.25, 0.3) is 0 Å². The quantitative estimate of drug-likeness (QED) is 0.614. The average Bonchev–Trinajstić information content (AvgIpc) is 2.48. The fraction of sp³-hybridized carbons (Fsp3) is 0.438. The van der Waals surface area contributed by atoms with E-state index in [9.17, 15) is 4.79 Å². The Labute approximate surface area is 114 Å². The second kappa shape index (κ2) is 6.98. The van der Waals surface area contributed by atoms with Crippen LogP contribution in [0.5, 0.6) is 0 Å². The Morgan fingerprint density at radius 1 is 1.32 bits per heavy atom. The molecule has 0 saturated carbocycles. The van der Waals surface area contributed by atoms with Crippen LogP contribution in [-0.4, -0.2) is 30.5 Å². The van der Waals surface area contributed by atoms with Crippen LogP contribution < -0.4 is 0 Å². The van der Waals surface area contributed by atoms with Crippen LogP contribution in [0.25, 0.3) is 0 Å². The van der Waals surface area contributed by atoms with Gasteiger partial charge in [-0.1, -0.05) is 30.3 Å². The second-order valence-electron chi connectivity index (χ2n) is 4.77. The molecule has 0 bridgehead atoms. The SMILES string of the molecule is CCO/C=C/C(=O)N1CCC(c2ccccc2)CC1. The van der Waals surface area contributed by atoms with Crippen LogP contribution in [0.1, 0.15) is 31.2 Å². The van der Waals surface area contributed by atoms with Crippen molar-refractivity contribution in [2.45, 2.75) is 25.7 Å². The molecule has 1 aliphatic rings. The molecule has 1 amide bonds. The van der Waals surface area contributed by atoms with Gasteiger partial charge < -0.3 is 9.64 Å². The highest BCUT2D eigenvalue weighted by atomic mass is 16.5. The predicted octanol–water partition coefficient (Wildman–Crippen LogP) is 2.94. The van der Waals surface area contributed by atoms with Crippen molar-refractivity contribution in [1.29, 1.82) is 0 Å². The summed E-state index contributed by atoms with van der Waals surface area (Å²) in [7, 11) is 0. The summed E-state index contributed by atoms with van der Waals surface area (Å²) in [5.41, 5.74) is 1.39. The fourth-order valence-corrected chi connectivity index (χ4v) is 2.47. The monoisotopic (exact) mass is 259 g/mol. The molecule has 0 aromatic heterocycles. The van der Waals surface area contributed by atoms with E-state index in [1.165, 1.54) is 17.9 Å². The Hall–Kier alpha value is -1.77. The van der Waals surface area contributed by atoms with E-state index in [1.54, 1.807) is 0 Å². The molecule has 102 valence electrons. The van der Waals surface area contributed by atoms with Crippen molar-refractivity contribution in [3.8, 4) is 0 Å². The third-order valence-electron chi connectivity index (χ3n) is 3.55. The van der Waals surface area contributed by atoms with Gasteiger partial charge in [-0.25, -0.2) is 0 Å². The molecule has 19 heavy (non-hydrogen) atoms. The minimum atomic E-state index is 0.0555. The molecule has 3 nitrogen and oxygen atoms in total. The molecule has 0 radical (unpaired) electrons. The molecular formula is C16H21NO2. The zero-order valence-corrected chi connectivity index (χ0v) is 11.4. The van der Waals surface area contributed by atoms with Gasteiger partial charge in [0.15, 0.2) is 0 Å². The molecule has 1 aromatic rings. The van der Waals surface area contributed by atoms with Crippen LogP contribution in [0.2, 0.25) is 0 Å². The summed E-state index contributed by atoms with van der Waals surface area (Å²) in [6.45, 7) is 4.16. The zero-order valence-electron chi connectivity index (χ0n) is 11.4. The van der Waals surface area contributed by atoms with Gasteiger partial charge in [0, 0.05) is 19.2 Å². The molecule has 2 rings (SSSR count). The van der Waals surface area contributed by atoms with Crippen LogP contribution in [0.15, 0.2) is 42.7 Å². The lowest BCUT2D eigenvalue weighted by molar-refractivity contribution is -0.127. The Kier molecular flexibility index (Phi) is 5.01. The molecule has 0 N–H and O–H groups in total. The van der Waals surface area contributed by atoms with E-state index in [-0.39, 0.29) is 5.91 Å². The number of nitrogens with zero attached hydrogens (tertiary/aromatic N) is 1. The molecule has 0 atom stereocenters. The van der Waals surface area contributed by atoms with Crippen molar-refractivity contribution in [1.82, 2.24) is 4.90 Å². The highest BCUT2D eigenvalue weighted by molar-refractivity contribution is 5.87. The summed E-state index contributed by atoms with van der Waals surface area (Å²) < 4.78 is 5.06. The Morgan fingerprint density at radius 3 is 2.63 bits per heavy atom. The molecular weight excluding hydrogens is 238 g/mol. The van der Waals surface area contributed by atoms with Gasteiger partial charge in [-0.3, -0.25) is 4.79 Å². The maximum absolute atomic E-state index is 11.9. The first-order chi connectivity index (χ1) is 9.31. The van der Waals surface area contributed by atoms with Crippen molar-refractivity contribution in [3.63, 3.8) is 0 Å². The van der Waals surface area contributed by atoms with Crippen LogP contribution in [-0.2, 0) is 9.53 Å². The minimum Gasteiger partial charge on any atom is -0.501 e. The van der Waals surface area contributed by atoms with E-state index in [2.05, 4.69) is 24.3 Å². The molecule has 1 fully saturated rings. The van der Waals surface area contributed by atoms with Crippen molar-refractivity contribution in [3.05, 3.63) is 48.2 Å². The molecule has 0 spiro atoms. The van der Waals surface area contributed by atoms with Crippen molar-refractivity contribution in [2.75, 3.05) is 19.7 Å². The van der Waals surface area contributed by atoms with Gasteiger partial charge >= 0.3 is 0 Å². The lowest BCUT2D eigenvalue weighted by Crippen LogP contribution is -2.36. The zero-order chi connectivity index (χ0) is 13.5. The summed E-state index contributed by atoms with van der Waals surface area (Å²) in [4.78, 5) is 13.8. The van der Waals surface area contributed by atoms with Crippen molar-refractivity contribution >= 4 is 5.91 Å². The smallest absolute Gasteiger partial charge is 0.249 e. The van der Waals surface area contributed by atoms with Crippen LogP contribution in [0, 0.1) is 0 Å². The summed E-state index contributed by atoms with van der Waals surface area (Å²) >= 11 is 0. The molecule has 3 heteroatoms. The van der Waals surface area contributed by atoms with Crippen molar-refractivity contribution < 1.29 is 9.53 Å². The first-order valence-corrected chi connectivity index (χ1v) is 6.93. The topological polar surface area (TPSA) is 29.5 Å². The number of carbonyl (C=O) groups excluding carboxylic acids is 1. The number of amides is 1. The molecule has 1 aliphatic heterocycles. The highest BCUT2D eigenvalue weighted by Crippen LogP contribution is 2.27. The maximum atomic E-state index is 11.9. The third kappa shape index (κ3) is 3.85. The molecule has 0 unspecified atom stereocenters. The largest absolute Gasteiger partial charge is 0.501 e. The standard InChI is InChI=1S/C16H21NO2/c1-2-19-13-10-16(18)17-11-8-15(9-12-17)14-6-4-3-5-7-14/h3-7,10,13,15H,2,8-9,11-12H2,1H3/b13-10+. The summed E-state index contributed by atoms with van der Waals surface area (Å²) in [5, 5.41) is 0. The van der Waals surface area contributed by atoms with E-state index >= 15 is 0 Å². The van der Waals surface area contributed by atoms with Crippen molar-refractivity contribution in [2.24, 2.45) is 0 Å². The molecule has 1 heterocycles. The summed E-state index contributed by atoms with van der Waals surface area (Å²) in [6, 6.07) is 10.6. The Morgan fingerprint density at radius 2 is 2.00 bits per heavy atom. The number of ether oxygens (including phenoxy) is 1. The maximum Gasteiger partial charge on any atom is 0.249 e. The lowest BCUT2D eigenvalue weighted by atomic mass is 9.89. The third-order valence-corrected chi connectivity index (χ3v) is 3.55. The number of rotatable bonds is 4. The Balaban J connectivity index is 1.84. The van der Waals surface area contributed by atoms with E-state index in [0.29, 0.717) is 12.5 Å². The van der Waals surface area contributed by atoms with Crippen LogP contribution in [0.3, 0.4) is 0 Å². The van der Waals surface area contributed by atoms with Crippen LogP contribution in [0.4, 0.5) is 0 Å². The van der Waals surface area contributed by atoms with E-state index in [1.807, 2.05) is 17.9 Å². The summed E-state index contributed by atoms with van der Waals surface area (Å²) in [6.07, 6.45) is 5.09. The molecule has 0 aliphatic carbocycles. The first-order valence-electron chi connectivity index (χ1n) is 6.93. The number of hydrogen-bond acceptors (Lipinski definition) is 2. The molecule has 1 saturated heterocycles. The number of likely N-dealkylation sites (tertiary alicyclic amines) is 1. The van der Waals surface area contributed by atoms with Gasteiger partial charge in [0.05, 0.1) is 12.9 Å². The predicted molar refractivity (Wildman–Crippen MR) is 75.8 cm³/mol. The fourth-order valence-electron chi connectivity index (χ4n) is 2.47. The van der Waals surface area contributed by atoms with Gasteiger partial charge in [-0.15, -0.1) is 0 Å².